The summed E-state index contributed by atoms with van der Waals surface area (Å²) in [5, 5.41) is 0. The van der Waals surface area contributed by atoms with E-state index >= 15 is 0 Å². The summed E-state index contributed by atoms with van der Waals surface area (Å²) in [5.74, 6) is 0. The second kappa shape index (κ2) is 5.09. The Balaban J connectivity index is 3.50. The summed E-state index contributed by atoms with van der Waals surface area (Å²) in [6, 6.07) is -0.634. The van der Waals surface area contributed by atoms with Crippen molar-refractivity contribution in [2.75, 3.05) is 21.3 Å². The molecule has 0 aliphatic carbocycles. The number of hydrogen-bond acceptors (Lipinski definition) is 4. The molecule has 0 aromatic rings. The Kier molecular flexibility index (Phi) is 5.24. The molecule has 0 heterocycles. The van der Waals surface area contributed by atoms with E-state index in [1.54, 1.807) is 0 Å². The summed E-state index contributed by atoms with van der Waals surface area (Å²) in [7, 11) is 2.70. The van der Waals surface area contributed by atoms with Crippen LogP contribution in [0.5, 0.6) is 0 Å². The minimum Gasteiger partial charge on any atom is -0.348 e. The summed E-state index contributed by atoms with van der Waals surface area (Å²) < 4.78 is 13.9. The Morgan fingerprint density at radius 2 is 1.67 bits per heavy atom. The highest BCUT2D eigenvalue weighted by atomic mass is 31.2. The smallest absolute Gasteiger partial charge is 0.228 e. The fourth-order valence-electron chi connectivity index (χ4n) is 0.363. The number of ether oxygens (including phenoxy) is 2. The average Bonchev–Trinajstić information content (AvgIpc) is 1.90. The molecule has 0 aromatic carbocycles. The minimum atomic E-state index is -1.59. The van der Waals surface area contributed by atoms with Gasteiger partial charge in [0.15, 0.2) is 0 Å². The SMILES string of the molecule is COC(OC)P(O)OC. The van der Waals surface area contributed by atoms with Gasteiger partial charge in [0, 0.05) is 21.3 Å². The fraction of sp³-hybridized carbons (Fsp3) is 1.00. The molecule has 56 valence electrons. The van der Waals surface area contributed by atoms with Crippen LogP contribution in [0, 0.1) is 0 Å². The van der Waals surface area contributed by atoms with E-state index in [1.165, 1.54) is 21.3 Å². The predicted octanol–water partition coefficient (Wildman–Crippen LogP) is 0.513. The van der Waals surface area contributed by atoms with Crippen LogP contribution in [0.4, 0.5) is 0 Å². The van der Waals surface area contributed by atoms with Crippen LogP contribution in [0.2, 0.25) is 0 Å². The first-order chi connectivity index (χ1) is 4.26. The molecule has 1 atom stereocenters. The van der Waals surface area contributed by atoms with E-state index in [0.29, 0.717) is 0 Å². The molecule has 0 fully saturated rings. The summed E-state index contributed by atoms with van der Waals surface area (Å²) in [6.45, 7) is 0. The molecular weight excluding hydrogens is 143 g/mol. The van der Waals surface area contributed by atoms with Crippen molar-refractivity contribution in [1.82, 2.24) is 0 Å². The molecule has 0 aliphatic heterocycles. The molecular formula is C4H11O4P. The number of methoxy groups -OCH3 is 2. The van der Waals surface area contributed by atoms with Gasteiger partial charge in [-0.2, -0.15) is 0 Å². The van der Waals surface area contributed by atoms with Gasteiger partial charge >= 0.3 is 0 Å². The second-order valence-electron chi connectivity index (χ2n) is 1.26. The third-order valence-electron chi connectivity index (χ3n) is 0.771. The number of hydrogen-bond donors (Lipinski definition) is 1. The Hall–Kier alpha value is 0.270. The second-order valence-corrected chi connectivity index (χ2v) is 2.66. The van der Waals surface area contributed by atoms with Gasteiger partial charge in [-0.25, -0.2) is 0 Å². The molecule has 1 unspecified atom stereocenters. The molecule has 0 aromatic heterocycles. The van der Waals surface area contributed by atoms with Crippen LogP contribution in [0.25, 0.3) is 0 Å². The molecule has 9 heavy (non-hydrogen) atoms. The zero-order valence-electron chi connectivity index (χ0n) is 5.70. The van der Waals surface area contributed by atoms with Crippen molar-refractivity contribution in [3.8, 4) is 0 Å². The van der Waals surface area contributed by atoms with Gasteiger partial charge in [0.2, 0.25) is 14.4 Å². The van der Waals surface area contributed by atoms with Crippen LogP contribution >= 0.6 is 8.38 Å². The van der Waals surface area contributed by atoms with Crippen molar-refractivity contribution in [1.29, 1.82) is 0 Å². The molecule has 0 saturated heterocycles. The molecule has 0 rings (SSSR count). The first-order valence-corrected chi connectivity index (χ1v) is 3.62. The van der Waals surface area contributed by atoms with Gasteiger partial charge in [-0.1, -0.05) is 0 Å². The molecule has 5 heteroatoms. The van der Waals surface area contributed by atoms with Gasteiger partial charge < -0.3 is 18.9 Å². The molecule has 0 radical (unpaired) electrons. The van der Waals surface area contributed by atoms with Crippen molar-refractivity contribution >= 4 is 8.38 Å². The molecule has 0 bridgehead atoms. The molecule has 1 N–H and O–H groups in total. The first-order valence-electron chi connectivity index (χ1n) is 2.34. The van der Waals surface area contributed by atoms with Gasteiger partial charge in [-0.3, -0.25) is 0 Å². The number of rotatable bonds is 4. The zero-order chi connectivity index (χ0) is 7.28. The van der Waals surface area contributed by atoms with Gasteiger partial charge in [-0.15, -0.1) is 0 Å². The zero-order valence-corrected chi connectivity index (χ0v) is 6.59. The Labute approximate surface area is 55.6 Å². The third kappa shape index (κ3) is 3.08. The van der Waals surface area contributed by atoms with Crippen molar-refractivity contribution in [2.24, 2.45) is 0 Å². The van der Waals surface area contributed by atoms with E-state index < -0.39 is 14.4 Å². The lowest BCUT2D eigenvalue weighted by Gasteiger charge is -2.16. The van der Waals surface area contributed by atoms with Crippen LogP contribution in [0.3, 0.4) is 0 Å². The van der Waals surface area contributed by atoms with E-state index in [9.17, 15) is 0 Å². The van der Waals surface area contributed by atoms with Gasteiger partial charge in [0.25, 0.3) is 0 Å². The Bertz CT molecular complexity index is 65.6. The Morgan fingerprint density at radius 3 is 1.78 bits per heavy atom. The van der Waals surface area contributed by atoms with Crippen molar-refractivity contribution in [3.05, 3.63) is 0 Å². The third-order valence-corrected chi connectivity index (χ3v) is 1.93. The van der Waals surface area contributed by atoms with E-state index in [1.807, 2.05) is 0 Å². The molecule has 4 nitrogen and oxygen atoms in total. The first kappa shape index (κ1) is 9.27. The highest BCUT2D eigenvalue weighted by Gasteiger charge is 2.17. The van der Waals surface area contributed by atoms with Crippen LogP contribution in [0.15, 0.2) is 0 Å². The van der Waals surface area contributed by atoms with Crippen molar-refractivity contribution in [2.45, 2.75) is 6.03 Å². The standard InChI is InChI=1S/C4H11O4P/c1-6-4(7-2)9(5)8-3/h4-5H,1-3H3. The molecule has 0 spiro atoms. The van der Waals surface area contributed by atoms with Crippen LogP contribution in [0.1, 0.15) is 0 Å². The van der Waals surface area contributed by atoms with Gasteiger partial charge in [0.1, 0.15) is 0 Å². The predicted molar refractivity (Wildman–Crippen MR) is 34.0 cm³/mol. The largest absolute Gasteiger partial charge is 0.348 e. The van der Waals surface area contributed by atoms with Crippen LogP contribution in [-0.4, -0.2) is 32.3 Å². The van der Waals surface area contributed by atoms with Crippen LogP contribution < -0.4 is 0 Å². The summed E-state index contributed by atoms with van der Waals surface area (Å²) in [6.07, 6.45) is 0. The lowest BCUT2D eigenvalue weighted by molar-refractivity contribution is -0.0511. The Morgan fingerprint density at radius 1 is 1.22 bits per heavy atom. The fourth-order valence-corrected chi connectivity index (χ4v) is 0.895. The van der Waals surface area contributed by atoms with E-state index in [2.05, 4.69) is 14.0 Å². The quantitative estimate of drug-likeness (QED) is 0.473. The van der Waals surface area contributed by atoms with Crippen LogP contribution in [-0.2, 0) is 14.0 Å². The lowest BCUT2D eigenvalue weighted by Crippen LogP contribution is -2.10. The molecule has 0 saturated carbocycles. The van der Waals surface area contributed by atoms with Crippen molar-refractivity contribution in [3.63, 3.8) is 0 Å². The highest BCUT2D eigenvalue weighted by molar-refractivity contribution is 7.46. The average molecular weight is 154 g/mol. The van der Waals surface area contributed by atoms with Gasteiger partial charge in [-0.05, 0) is 0 Å². The van der Waals surface area contributed by atoms with Crippen molar-refractivity contribution < 1.29 is 18.9 Å². The minimum absolute atomic E-state index is 0.634. The normalized spacial score (nSPS) is 14.3. The van der Waals surface area contributed by atoms with E-state index in [4.69, 9.17) is 4.89 Å². The summed E-state index contributed by atoms with van der Waals surface area (Å²) >= 11 is 0. The van der Waals surface area contributed by atoms with Gasteiger partial charge in [0.05, 0.1) is 0 Å². The van der Waals surface area contributed by atoms with E-state index in [0.717, 1.165) is 0 Å². The summed E-state index contributed by atoms with van der Waals surface area (Å²) in [5.41, 5.74) is 0. The molecule has 0 aliphatic rings. The van der Waals surface area contributed by atoms with E-state index in [-0.39, 0.29) is 0 Å². The maximum atomic E-state index is 8.91. The maximum absolute atomic E-state index is 8.91. The maximum Gasteiger partial charge on any atom is 0.228 e. The topological polar surface area (TPSA) is 47.9 Å². The lowest BCUT2D eigenvalue weighted by atomic mass is 11.3. The monoisotopic (exact) mass is 154 g/mol. The summed E-state index contributed by atoms with van der Waals surface area (Å²) in [4.78, 5) is 8.91. The molecule has 0 amide bonds. The highest BCUT2D eigenvalue weighted by Crippen LogP contribution is 2.36.